The minimum absolute atomic E-state index is 0.638. The van der Waals surface area contributed by atoms with E-state index in [4.69, 9.17) is 9.47 Å². The second-order valence-electron chi connectivity index (χ2n) is 8.46. The van der Waals surface area contributed by atoms with E-state index >= 15 is 0 Å². The molecule has 2 aromatic carbocycles. The summed E-state index contributed by atoms with van der Waals surface area (Å²) in [5, 5.41) is 5.47. The van der Waals surface area contributed by atoms with E-state index in [0.717, 1.165) is 72.5 Å². The Morgan fingerprint density at radius 3 is 2.79 bits per heavy atom. The molecule has 0 spiro atoms. The van der Waals surface area contributed by atoms with Crippen LogP contribution in [-0.4, -0.2) is 78.2 Å². The molecule has 1 saturated heterocycles. The minimum atomic E-state index is 0.638. The molecule has 33 heavy (non-hydrogen) atoms. The van der Waals surface area contributed by atoms with E-state index in [0.29, 0.717) is 18.1 Å². The highest BCUT2D eigenvalue weighted by molar-refractivity contribution is 5.97. The Morgan fingerprint density at radius 2 is 1.94 bits per heavy atom. The first kappa shape index (κ1) is 21.5. The number of hydrogen-bond acceptors (Lipinski definition) is 7. The van der Waals surface area contributed by atoms with Crippen LogP contribution in [0.2, 0.25) is 0 Å². The van der Waals surface area contributed by atoms with Gasteiger partial charge in [-0.3, -0.25) is 0 Å². The number of anilines is 2. The Kier molecular flexibility index (Phi) is 6.28. The number of methoxy groups -OCH3 is 1. The van der Waals surface area contributed by atoms with Gasteiger partial charge >= 0.3 is 0 Å². The summed E-state index contributed by atoms with van der Waals surface area (Å²) >= 11 is 0. The van der Waals surface area contributed by atoms with Gasteiger partial charge in [-0.2, -0.15) is 0 Å². The Labute approximate surface area is 193 Å². The number of likely N-dealkylation sites (N-methyl/N-ethyl adjacent to an activating group) is 1. The second-order valence-corrected chi connectivity index (χ2v) is 8.46. The Balaban J connectivity index is 1.31. The molecule has 172 valence electrons. The normalized spacial score (nSPS) is 15.2. The summed E-state index contributed by atoms with van der Waals surface area (Å²) in [6.45, 7) is 6.20. The molecule has 1 aliphatic heterocycles. The summed E-state index contributed by atoms with van der Waals surface area (Å²) in [6, 6.07) is 12.1. The van der Waals surface area contributed by atoms with Gasteiger partial charge in [0.15, 0.2) is 11.5 Å². The molecule has 8 nitrogen and oxygen atoms in total. The van der Waals surface area contributed by atoms with E-state index in [2.05, 4.69) is 49.2 Å². The van der Waals surface area contributed by atoms with Crippen molar-refractivity contribution < 1.29 is 9.47 Å². The molecule has 0 atom stereocenters. The fraction of sp³-hybridized carbons (Fsp3) is 0.360. The summed E-state index contributed by atoms with van der Waals surface area (Å²) in [6.07, 6.45) is 4.48. The van der Waals surface area contributed by atoms with Crippen LogP contribution in [0.4, 0.5) is 11.5 Å². The molecule has 2 aromatic heterocycles. The van der Waals surface area contributed by atoms with Gasteiger partial charge in [-0.15, -0.1) is 0 Å². The lowest BCUT2D eigenvalue weighted by Gasteiger charge is -2.32. The number of piperazine rings is 1. The molecule has 5 rings (SSSR count). The van der Waals surface area contributed by atoms with Crippen LogP contribution in [0.15, 0.2) is 48.9 Å². The highest BCUT2D eigenvalue weighted by Crippen LogP contribution is 2.35. The fourth-order valence-electron chi connectivity index (χ4n) is 4.29. The zero-order valence-corrected chi connectivity index (χ0v) is 19.2. The Hall–Kier alpha value is -3.36. The molecule has 3 heterocycles. The molecule has 0 unspecified atom stereocenters. The van der Waals surface area contributed by atoms with Gasteiger partial charge in [-0.05, 0) is 31.7 Å². The largest absolute Gasteiger partial charge is 0.493 e. The van der Waals surface area contributed by atoms with Crippen LogP contribution < -0.4 is 14.8 Å². The third kappa shape index (κ3) is 4.72. The highest BCUT2D eigenvalue weighted by atomic mass is 16.5. The van der Waals surface area contributed by atoms with Crippen molar-refractivity contribution in [3.05, 3.63) is 48.9 Å². The maximum atomic E-state index is 6.11. The monoisotopic (exact) mass is 446 g/mol. The van der Waals surface area contributed by atoms with E-state index in [9.17, 15) is 0 Å². The summed E-state index contributed by atoms with van der Waals surface area (Å²) < 4.78 is 11.8. The number of ether oxygens (including phenoxy) is 2. The van der Waals surface area contributed by atoms with Crippen LogP contribution in [0.3, 0.4) is 0 Å². The first-order valence-corrected chi connectivity index (χ1v) is 11.4. The lowest BCUT2D eigenvalue weighted by molar-refractivity contribution is 0.145. The van der Waals surface area contributed by atoms with Crippen LogP contribution in [0.5, 0.6) is 11.5 Å². The zero-order valence-electron chi connectivity index (χ0n) is 19.2. The van der Waals surface area contributed by atoms with Crippen molar-refractivity contribution in [3.8, 4) is 11.5 Å². The van der Waals surface area contributed by atoms with Crippen LogP contribution in [-0.2, 0) is 0 Å². The summed E-state index contributed by atoms with van der Waals surface area (Å²) in [5.74, 6) is 2.11. The zero-order chi connectivity index (χ0) is 22.6. The molecule has 2 N–H and O–H groups in total. The number of aromatic amines is 1. The van der Waals surface area contributed by atoms with E-state index in [1.807, 2.05) is 30.5 Å². The van der Waals surface area contributed by atoms with Gasteiger partial charge in [0.25, 0.3) is 0 Å². The standard InChI is InChI=1S/C25H30N6O2/c1-30-10-12-31(13-11-30)9-4-14-33-23-16-21-19(15-22(23)32-2)25(28-17-27-21)29-20-6-3-5-18-7-8-26-24(18)20/h3,5-8,15-17,26H,4,9-14H2,1-2H3,(H,27,28,29). The summed E-state index contributed by atoms with van der Waals surface area (Å²) in [7, 11) is 3.84. The van der Waals surface area contributed by atoms with Gasteiger partial charge in [0, 0.05) is 55.8 Å². The van der Waals surface area contributed by atoms with Crippen LogP contribution in [0, 0.1) is 0 Å². The number of hydrogen-bond donors (Lipinski definition) is 2. The van der Waals surface area contributed by atoms with Gasteiger partial charge in [0.1, 0.15) is 12.1 Å². The average Bonchev–Trinajstić information content (AvgIpc) is 3.33. The number of benzene rings is 2. The van der Waals surface area contributed by atoms with E-state index in [-0.39, 0.29) is 0 Å². The van der Waals surface area contributed by atoms with E-state index in [1.54, 1.807) is 13.4 Å². The molecular weight excluding hydrogens is 416 g/mol. The van der Waals surface area contributed by atoms with Crippen molar-refractivity contribution in [2.45, 2.75) is 6.42 Å². The highest BCUT2D eigenvalue weighted by Gasteiger charge is 2.15. The molecule has 4 aromatic rings. The number of para-hydroxylation sites is 1. The fourth-order valence-corrected chi connectivity index (χ4v) is 4.29. The molecule has 0 aliphatic carbocycles. The van der Waals surface area contributed by atoms with Crippen LogP contribution >= 0.6 is 0 Å². The van der Waals surface area contributed by atoms with Crippen molar-refractivity contribution in [3.63, 3.8) is 0 Å². The number of rotatable bonds is 8. The molecule has 0 amide bonds. The van der Waals surface area contributed by atoms with E-state index in [1.165, 1.54) is 0 Å². The van der Waals surface area contributed by atoms with Crippen molar-refractivity contribution >= 4 is 33.3 Å². The van der Waals surface area contributed by atoms with Crippen molar-refractivity contribution in [2.75, 3.05) is 58.8 Å². The molecule has 0 radical (unpaired) electrons. The summed E-state index contributed by atoms with van der Waals surface area (Å²) in [4.78, 5) is 17.1. The number of aromatic nitrogens is 3. The maximum absolute atomic E-state index is 6.11. The number of nitrogens with zero attached hydrogens (tertiary/aromatic N) is 4. The topological polar surface area (TPSA) is 78.5 Å². The third-order valence-electron chi connectivity index (χ3n) is 6.23. The van der Waals surface area contributed by atoms with Gasteiger partial charge < -0.3 is 29.6 Å². The van der Waals surface area contributed by atoms with Gasteiger partial charge in [0.05, 0.1) is 30.4 Å². The second kappa shape index (κ2) is 9.64. The number of H-pyrrole nitrogens is 1. The van der Waals surface area contributed by atoms with Gasteiger partial charge in [-0.25, -0.2) is 9.97 Å². The first-order valence-electron chi connectivity index (χ1n) is 11.4. The smallest absolute Gasteiger partial charge is 0.163 e. The van der Waals surface area contributed by atoms with Gasteiger partial charge in [-0.1, -0.05) is 12.1 Å². The van der Waals surface area contributed by atoms with Gasteiger partial charge in [0.2, 0.25) is 0 Å². The molecule has 1 fully saturated rings. The van der Waals surface area contributed by atoms with Crippen molar-refractivity contribution in [2.24, 2.45) is 0 Å². The van der Waals surface area contributed by atoms with Crippen molar-refractivity contribution in [1.29, 1.82) is 0 Å². The number of fused-ring (bicyclic) bond motifs is 2. The Bertz CT molecular complexity index is 1230. The lowest BCUT2D eigenvalue weighted by Crippen LogP contribution is -2.44. The lowest BCUT2D eigenvalue weighted by atomic mass is 10.2. The van der Waals surface area contributed by atoms with Crippen LogP contribution in [0.25, 0.3) is 21.8 Å². The third-order valence-corrected chi connectivity index (χ3v) is 6.23. The van der Waals surface area contributed by atoms with Crippen LogP contribution in [0.1, 0.15) is 6.42 Å². The predicted molar refractivity (Wildman–Crippen MR) is 132 cm³/mol. The molecule has 8 heteroatoms. The maximum Gasteiger partial charge on any atom is 0.163 e. The molecule has 0 saturated carbocycles. The van der Waals surface area contributed by atoms with E-state index < -0.39 is 0 Å². The molecular formula is C25H30N6O2. The molecule has 0 bridgehead atoms. The molecule has 1 aliphatic rings. The van der Waals surface area contributed by atoms with Crippen molar-refractivity contribution in [1.82, 2.24) is 24.8 Å². The number of nitrogens with one attached hydrogen (secondary N) is 2. The Morgan fingerprint density at radius 1 is 1.06 bits per heavy atom. The quantitative estimate of drug-likeness (QED) is 0.398. The summed E-state index contributed by atoms with van der Waals surface area (Å²) in [5.41, 5.74) is 2.80. The first-order chi connectivity index (χ1) is 16.2. The average molecular weight is 447 g/mol. The SMILES string of the molecule is COc1cc2c(Nc3cccc4cc[nH]c34)ncnc2cc1OCCCN1CCN(C)CC1. The predicted octanol–water partition coefficient (Wildman–Crippen LogP) is 3.88. The minimum Gasteiger partial charge on any atom is -0.493 e.